The Bertz CT molecular complexity index is 1160. The number of carbonyl (C=O) groups excluding carboxylic acids is 1. The molecule has 1 fully saturated rings. The fourth-order valence-corrected chi connectivity index (χ4v) is 6.16. The van der Waals surface area contributed by atoms with Crippen molar-refractivity contribution in [1.82, 2.24) is 14.2 Å². The normalized spacial score (nSPS) is 15.2. The van der Waals surface area contributed by atoms with Gasteiger partial charge in [0.15, 0.2) is 0 Å². The highest BCUT2D eigenvalue weighted by Crippen LogP contribution is 2.30. The van der Waals surface area contributed by atoms with E-state index >= 15 is 0 Å². The molecule has 1 aromatic heterocycles. The van der Waals surface area contributed by atoms with Crippen LogP contribution in [0.2, 0.25) is 5.02 Å². The zero-order chi connectivity index (χ0) is 21.8. The van der Waals surface area contributed by atoms with Gasteiger partial charge in [0.1, 0.15) is 5.01 Å². The molecule has 6 nitrogen and oxygen atoms in total. The summed E-state index contributed by atoms with van der Waals surface area (Å²) in [5, 5.41) is 3.28. The summed E-state index contributed by atoms with van der Waals surface area (Å²) in [7, 11) is -3.40. The van der Waals surface area contributed by atoms with Crippen molar-refractivity contribution < 1.29 is 13.2 Å². The van der Waals surface area contributed by atoms with Crippen LogP contribution in [0.1, 0.15) is 11.3 Å². The molecule has 3 aromatic rings. The van der Waals surface area contributed by atoms with E-state index in [2.05, 4.69) is 4.98 Å². The number of halogens is 1. The van der Waals surface area contributed by atoms with Gasteiger partial charge in [0.2, 0.25) is 15.9 Å². The average Bonchev–Trinajstić information content (AvgIpc) is 3.23. The quantitative estimate of drug-likeness (QED) is 0.545. The van der Waals surface area contributed by atoms with Crippen LogP contribution >= 0.6 is 22.9 Å². The van der Waals surface area contributed by atoms with Crippen molar-refractivity contribution in [3.8, 4) is 10.6 Å². The maximum absolute atomic E-state index is 12.7. The fourth-order valence-electron chi connectivity index (χ4n) is 3.51. The number of hydrogen-bond donors (Lipinski definition) is 0. The van der Waals surface area contributed by atoms with E-state index in [9.17, 15) is 13.2 Å². The number of carbonyl (C=O) groups is 1. The Kier molecular flexibility index (Phi) is 6.71. The van der Waals surface area contributed by atoms with Crippen molar-refractivity contribution in [2.24, 2.45) is 0 Å². The second-order valence-electron chi connectivity index (χ2n) is 7.32. The van der Waals surface area contributed by atoms with Crippen molar-refractivity contribution in [1.29, 1.82) is 0 Å². The molecule has 1 aliphatic rings. The van der Waals surface area contributed by atoms with Crippen molar-refractivity contribution in [2.45, 2.75) is 12.2 Å². The molecular formula is C22H22ClN3O3S2. The molecule has 0 bridgehead atoms. The van der Waals surface area contributed by atoms with Crippen molar-refractivity contribution in [3.63, 3.8) is 0 Å². The molecule has 1 aliphatic heterocycles. The van der Waals surface area contributed by atoms with Crippen LogP contribution in [0.5, 0.6) is 0 Å². The van der Waals surface area contributed by atoms with E-state index in [0.717, 1.165) is 16.1 Å². The molecule has 0 spiro atoms. The molecule has 162 valence electrons. The van der Waals surface area contributed by atoms with Gasteiger partial charge in [-0.25, -0.2) is 13.4 Å². The van der Waals surface area contributed by atoms with E-state index in [-0.39, 0.29) is 18.1 Å². The van der Waals surface area contributed by atoms with Gasteiger partial charge >= 0.3 is 0 Å². The summed E-state index contributed by atoms with van der Waals surface area (Å²) in [4.78, 5) is 19.0. The van der Waals surface area contributed by atoms with Gasteiger partial charge in [0.25, 0.3) is 0 Å². The summed E-state index contributed by atoms with van der Waals surface area (Å²) in [6.07, 6.45) is 0.192. The zero-order valence-electron chi connectivity index (χ0n) is 16.8. The van der Waals surface area contributed by atoms with Crippen LogP contribution in [0.25, 0.3) is 10.6 Å². The largest absolute Gasteiger partial charge is 0.340 e. The van der Waals surface area contributed by atoms with Gasteiger partial charge < -0.3 is 4.90 Å². The van der Waals surface area contributed by atoms with Gasteiger partial charge in [0, 0.05) is 37.1 Å². The predicted molar refractivity (Wildman–Crippen MR) is 123 cm³/mol. The monoisotopic (exact) mass is 475 g/mol. The van der Waals surface area contributed by atoms with Crippen molar-refractivity contribution in [2.75, 3.05) is 26.2 Å². The first-order valence-electron chi connectivity index (χ1n) is 9.91. The maximum Gasteiger partial charge on any atom is 0.228 e. The van der Waals surface area contributed by atoms with Gasteiger partial charge in [-0.3, -0.25) is 4.79 Å². The Morgan fingerprint density at radius 3 is 2.39 bits per heavy atom. The molecule has 0 radical (unpaired) electrons. The molecule has 1 amide bonds. The third kappa shape index (κ3) is 5.33. The lowest BCUT2D eigenvalue weighted by atomic mass is 10.2. The Hall–Kier alpha value is -2.26. The highest BCUT2D eigenvalue weighted by molar-refractivity contribution is 7.88. The summed E-state index contributed by atoms with van der Waals surface area (Å²) < 4.78 is 26.9. The first-order chi connectivity index (χ1) is 14.9. The summed E-state index contributed by atoms with van der Waals surface area (Å²) in [6, 6.07) is 16.6. The average molecular weight is 476 g/mol. The molecule has 0 atom stereocenters. The zero-order valence-corrected chi connectivity index (χ0v) is 19.2. The molecule has 1 saturated heterocycles. The number of nitrogens with zero attached hydrogens (tertiary/aromatic N) is 3. The van der Waals surface area contributed by atoms with E-state index in [1.54, 1.807) is 4.90 Å². The second-order valence-corrected chi connectivity index (χ2v) is 10.6. The number of sulfonamides is 1. The minimum Gasteiger partial charge on any atom is -0.340 e. The lowest BCUT2D eigenvalue weighted by molar-refractivity contribution is -0.131. The Morgan fingerprint density at radius 2 is 1.68 bits per heavy atom. The highest BCUT2D eigenvalue weighted by atomic mass is 35.5. The highest BCUT2D eigenvalue weighted by Gasteiger charge is 2.29. The molecule has 9 heteroatoms. The van der Waals surface area contributed by atoms with E-state index < -0.39 is 10.0 Å². The number of amides is 1. The van der Waals surface area contributed by atoms with Crippen LogP contribution in [-0.2, 0) is 27.0 Å². The third-order valence-corrected chi connectivity index (χ3v) is 8.27. The molecule has 4 rings (SSSR count). The smallest absolute Gasteiger partial charge is 0.228 e. The molecule has 0 N–H and O–H groups in total. The van der Waals surface area contributed by atoms with Gasteiger partial charge in [-0.2, -0.15) is 4.31 Å². The Balaban J connectivity index is 1.33. The topological polar surface area (TPSA) is 70.6 Å². The lowest BCUT2D eigenvalue weighted by Crippen LogP contribution is -2.51. The first kappa shape index (κ1) is 22.0. The minimum absolute atomic E-state index is 0.0224. The molecule has 0 aliphatic carbocycles. The van der Waals surface area contributed by atoms with Crippen LogP contribution in [0.3, 0.4) is 0 Å². The number of aromatic nitrogens is 1. The first-order valence-corrected chi connectivity index (χ1v) is 12.8. The maximum atomic E-state index is 12.7. The summed E-state index contributed by atoms with van der Waals surface area (Å²) in [5.74, 6) is -0.0677. The number of benzene rings is 2. The summed E-state index contributed by atoms with van der Waals surface area (Å²) in [6.45, 7) is 1.38. The molecule has 31 heavy (non-hydrogen) atoms. The molecule has 2 heterocycles. The van der Waals surface area contributed by atoms with Crippen LogP contribution in [0.4, 0.5) is 0 Å². The summed E-state index contributed by atoms with van der Waals surface area (Å²) in [5.41, 5.74) is 2.31. The van der Waals surface area contributed by atoms with E-state index in [1.807, 2.05) is 60.0 Å². The van der Waals surface area contributed by atoms with Crippen LogP contribution in [-0.4, -0.2) is 54.7 Å². The van der Waals surface area contributed by atoms with E-state index in [0.29, 0.717) is 36.9 Å². The van der Waals surface area contributed by atoms with Crippen molar-refractivity contribution >= 4 is 38.9 Å². The SMILES string of the molecule is O=C(Cc1csc(-c2ccccc2Cl)n1)N1CCN(S(=O)(=O)Cc2ccccc2)CC1. The van der Waals surface area contributed by atoms with Crippen molar-refractivity contribution in [3.05, 3.63) is 76.3 Å². The van der Waals surface area contributed by atoms with Gasteiger partial charge in [-0.15, -0.1) is 11.3 Å². The van der Waals surface area contributed by atoms with Gasteiger partial charge in [0.05, 0.1) is 22.9 Å². The number of thiazole rings is 1. The Morgan fingerprint density at radius 1 is 1.00 bits per heavy atom. The predicted octanol–water partition coefficient (Wildman–Crippen LogP) is 3.68. The number of piperazine rings is 1. The van der Waals surface area contributed by atoms with Gasteiger partial charge in [-0.1, -0.05) is 60.1 Å². The lowest BCUT2D eigenvalue weighted by Gasteiger charge is -2.34. The summed E-state index contributed by atoms with van der Waals surface area (Å²) >= 11 is 7.69. The Labute approximate surface area is 191 Å². The third-order valence-electron chi connectivity index (χ3n) is 5.16. The minimum atomic E-state index is -3.40. The standard InChI is InChI=1S/C22H22ClN3O3S2/c23-20-9-5-4-8-19(20)22-24-18(15-30-22)14-21(27)25-10-12-26(13-11-25)31(28,29)16-17-6-2-1-3-7-17/h1-9,15H,10-14,16H2. The second kappa shape index (κ2) is 9.48. The van der Waals surface area contributed by atoms with Crippen LogP contribution < -0.4 is 0 Å². The van der Waals surface area contributed by atoms with E-state index in [4.69, 9.17) is 11.6 Å². The molecule has 0 saturated carbocycles. The fraction of sp³-hybridized carbons (Fsp3) is 0.273. The molecular weight excluding hydrogens is 454 g/mol. The van der Waals surface area contributed by atoms with E-state index in [1.165, 1.54) is 15.6 Å². The molecule has 2 aromatic carbocycles. The number of hydrogen-bond acceptors (Lipinski definition) is 5. The van der Waals surface area contributed by atoms with Crippen LogP contribution in [0, 0.1) is 0 Å². The molecule has 0 unspecified atom stereocenters. The van der Waals surface area contributed by atoms with Crippen LogP contribution in [0.15, 0.2) is 60.0 Å². The number of rotatable bonds is 6. The van der Waals surface area contributed by atoms with Gasteiger partial charge in [-0.05, 0) is 11.6 Å².